The van der Waals surface area contributed by atoms with Crippen molar-refractivity contribution in [3.63, 3.8) is 0 Å². The number of nitrogens with zero attached hydrogens (tertiary/aromatic N) is 6. The lowest BCUT2D eigenvalue weighted by Crippen LogP contribution is -2.48. The first-order chi connectivity index (χ1) is 22.5. The van der Waals surface area contributed by atoms with Crippen LogP contribution < -0.4 is 21.3 Å². The molecule has 12 nitrogen and oxygen atoms in total. The summed E-state index contributed by atoms with van der Waals surface area (Å²) in [5, 5.41) is 7.10. The molecule has 6 rings (SSSR count). The van der Waals surface area contributed by atoms with Crippen LogP contribution in [0.1, 0.15) is 41.0 Å². The Balaban J connectivity index is 1.31. The number of halogens is 2. The number of methoxy groups -OCH3 is 1. The van der Waals surface area contributed by atoms with Crippen LogP contribution in [0.2, 0.25) is 10.0 Å². The van der Waals surface area contributed by atoms with Crippen molar-refractivity contribution in [2.45, 2.75) is 25.8 Å². The number of anilines is 1. The first-order valence-electron chi connectivity index (χ1n) is 15.1. The SMILES string of the molecule is COc1nc(-c2cccc(-c3cccc(NC(=O)c4nn(C)c(=O)n(C)c4=O)c3Cl)c2Cl)cc2c1[C@H](N1CCN(C(C)=O)CC1)CC2. The summed E-state index contributed by atoms with van der Waals surface area (Å²) in [7, 11) is 4.24. The van der Waals surface area contributed by atoms with Crippen LogP contribution in [0.25, 0.3) is 22.4 Å². The topological polar surface area (TPSA) is 132 Å². The summed E-state index contributed by atoms with van der Waals surface area (Å²) >= 11 is 13.9. The first-order valence-corrected chi connectivity index (χ1v) is 15.9. The van der Waals surface area contributed by atoms with Crippen molar-refractivity contribution in [2.75, 3.05) is 38.6 Å². The van der Waals surface area contributed by atoms with E-state index in [1.807, 2.05) is 23.1 Å². The molecule has 1 N–H and O–H groups in total. The number of pyridine rings is 1. The molecule has 2 aromatic heterocycles. The summed E-state index contributed by atoms with van der Waals surface area (Å²) in [4.78, 5) is 58.6. The maximum atomic E-state index is 13.0. The molecule has 1 fully saturated rings. The zero-order valence-electron chi connectivity index (χ0n) is 26.3. The molecular weight excluding hydrogens is 645 g/mol. The molecule has 2 aromatic carbocycles. The van der Waals surface area contributed by atoms with Gasteiger partial charge in [-0.2, -0.15) is 5.10 Å². The normalized spacial score (nSPS) is 16.2. The lowest BCUT2D eigenvalue weighted by molar-refractivity contribution is -0.130. The third kappa shape index (κ3) is 5.92. The summed E-state index contributed by atoms with van der Waals surface area (Å²) in [6, 6.07) is 12.9. The van der Waals surface area contributed by atoms with Crippen molar-refractivity contribution < 1.29 is 14.3 Å². The summed E-state index contributed by atoms with van der Waals surface area (Å²) in [5.41, 5.74) is 3.04. The second kappa shape index (κ2) is 12.9. The van der Waals surface area contributed by atoms with Gasteiger partial charge < -0.3 is 15.0 Å². The van der Waals surface area contributed by atoms with Crippen LogP contribution in [0, 0.1) is 0 Å². The van der Waals surface area contributed by atoms with Crippen molar-refractivity contribution in [1.29, 1.82) is 0 Å². The fourth-order valence-corrected chi connectivity index (χ4v) is 6.99. The molecule has 4 aromatic rings. The summed E-state index contributed by atoms with van der Waals surface area (Å²) in [6.45, 7) is 4.60. The first kappa shape index (κ1) is 32.4. The van der Waals surface area contributed by atoms with Crippen LogP contribution in [0.5, 0.6) is 5.88 Å². The van der Waals surface area contributed by atoms with Gasteiger partial charge in [0, 0.05) is 75.5 Å². The molecule has 244 valence electrons. The van der Waals surface area contributed by atoms with E-state index in [1.165, 1.54) is 14.1 Å². The van der Waals surface area contributed by atoms with E-state index in [0.717, 1.165) is 46.3 Å². The number of carbonyl (C=O) groups excluding carboxylic acids is 2. The maximum absolute atomic E-state index is 13.0. The van der Waals surface area contributed by atoms with E-state index in [4.69, 9.17) is 32.9 Å². The van der Waals surface area contributed by atoms with E-state index in [2.05, 4.69) is 21.4 Å². The third-order valence-electron chi connectivity index (χ3n) is 8.87. The smallest absolute Gasteiger partial charge is 0.346 e. The zero-order chi connectivity index (χ0) is 33.6. The molecule has 1 aliphatic carbocycles. The molecule has 47 heavy (non-hydrogen) atoms. The largest absolute Gasteiger partial charge is 0.481 e. The monoisotopic (exact) mass is 677 g/mol. The minimum Gasteiger partial charge on any atom is -0.481 e. The van der Waals surface area contributed by atoms with Crippen molar-refractivity contribution in [3.8, 4) is 28.3 Å². The molecule has 0 saturated carbocycles. The average Bonchev–Trinajstić information content (AvgIpc) is 3.50. The molecule has 2 aliphatic rings. The Morgan fingerprint density at radius 1 is 0.957 bits per heavy atom. The van der Waals surface area contributed by atoms with Crippen molar-refractivity contribution in [3.05, 3.63) is 90.2 Å². The second-order valence-electron chi connectivity index (χ2n) is 11.6. The minimum absolute atomic E-state index is 0.0999. The van der Waals surface area contributed by atoms with Gasteiger partial charge in [-0.05, 0) is 30.5 Å². The van der Waals surface area contributed by atoms with Crippen LogP contribution in [0.4, 0.5) is 5.69 Å². The Kier molecular flexibility index (Phi) is 8.93. The fourth-order valence-electron chi connectivity index (χ4n) is 6.39. The molecule has 1 aliphatic heterocycles. The Bertz CT molecular complexity index is 2040. The number of amides is 2. The van der Waals surface area contributed by atoms with Gasteiger partial charge in [0.2, 0.25) is 17.5 Å². The van der Waals surface area contributed by atoms with Gasteiger partial charge in [0.05, 0.1) is 28.5 Å². The Morgan fingerprint density at radius 2 is 1.62 bits per heavy atom. The van der Waals surface area contributed by atoms with E-state index in [-0.39, 0.29) is 22.7 Å². The predicted octanol–water partition coefficient (Wildman–Crippen LogP) is 3.93. The van der Waals surface area contributed by atoms with E-state index in [0.29, 0.717) is 46.4 Å². The zero-order valence-corrected chi connectivity index (χ0v) is 27.9. The van der Waals surface area contributed by atoms with Crippen LogP contribution in [-0.2, 0) is 25.3 Å². The molecule has 1 atom stereocenters. The van der Waals surface area contributed by atoms with Gasteiger partial charge in [0.1, 0.15) is 0 Å². The van der Waals surface area contributed by atoms with Crippen LogP contribution in [0.3, 0.4) is 0 Å². The van der Waals surface area contributed by atoms with E-state index in [1.54, 1.807) is 32.2 Å². The Hall–Kier alpha value is -4.52. The van der Waals surface area contributed by atoms with E-state index in [9.17, 15) is 19.2 Å². The number of aryl methyl sites for hydroxylation is 2. The number of aromatic nitrogens is 4. The number of benzene rings is 2. The molecule has 0 unspecified atom stereocenters. The molecule has 14 heteroatoms. The highest BCUT2D eigenvalue weighted by Gasteiger charge is 2.34. The van der Waals surface area contributed by atoms with Crippen molar-refractivity contribution in [2.24, 2.45) is 14.1 Å². The van der Waals surface area contributed by atoms with Crippen molar-refractivity contribution in [1.82, 2.24) is 29.1 Å². The highest BCUT2D eigenvalue weighted by atomic mass is 35.5. The number of nitrogens with one attached hydrogen (secondary N) is 1. The number of rotatable bonds is 6. The van der Waals surface area contributed by atoms with Gasteiger partial charge in [-0.3, -0.25) is 23.9 Å². The number of hydrogen-bond acceptors (Lipinski definition) is 8. The quantitative estimate of drug-likeness (QED) is 0.325. The van der Waals surface area contributed by atoms with E-state index < -0.39 is 22.9 Å². The third-order valence-corrected chi connectivity index (χ3v) is 9.69. The summed E-state index contributed by atoms with van der Waals surface area (Å²) < 4.78 is 7.56. The number of carbonyl (C=O) groups is 2. The molecule has 1 saturated heterocycles. The van der Waals surface area contributed by atoms with Gasteiger partial charge in [0.25, 0.3) is 11.5 Å². The highest BCUT2D eigenvalue weighted by Crippen LogP contribution is 2.45. The number of hydrogen-bond donors (Lipinski definition) is 1. The number of piperazine rings is 1. The second-order valence-corrected chi connectivity index (χ2v) is 12.3. The molecule has 0 spiro atoms. The standard InChI is InChI=1S/C33H33Cl2N7O5/c1-18(43)41-13-15-42(16-14-41)25-12-11-19-17-24(37-31(47-4)26(19)25)22-9-5-7-20(27(22)34)21-8-6-10-23(28(21)35)36-30(44)29-32(45)39(2)33(46)40(3)38-29/h5-10,17,25H,11-16H2,1-4H3,(H,36,44)/t25-/m1/s1. The maximum Gasteiger partial charge on any atom is 0.346 e. The number of ether oxygens (including phenoxy) is 1. The highest BCUT2D eigenvalue weighted by molar-refractivity contribution is 6.39. The van der Waals surface area contributed by atoms with Crippen molar-refractivity contribution >= 4 is 40.7 Å². The minimum atomic E-state index is -0.826. The molecular formula is C33H33Cl2N7O5. The lowest BCUT2D eigenvalue weighted by atomic mass is 9.99. The Labute approximate surface area is 280 Å². The summed E-state index contributed by atoms with van der Waals surface area (Å²) in [6.07, 6.45) is 1.79. The van der Waals surface area contributed by atoms with Gasteiger partial charge in [0.15, 0.2) is 0 Å². The van der Waals surface area contributed by atoms with Gasteiger partial charge in [-0.25, -0.2) is 14.5 Å². The molecule has 0 bridgehead atoms. The fraction of sp³-hybridized carbons (Fsp3) is 0.333. The average molecular weight is 679 g/mol. The van der Waals surface area contributed by atoms with Gasteiger partial charge in [-0.15, -0.1) is 0 Å². The Morgan fingerprint density at radius 3 is 2.30 bits per heavy atom. The molecule has 2 amide bonds. The van der Waals surface area contributed by atoms with E-state index >= 15 is 0 Å². The van der Waals surface area contributed by atoms with Crippen LogP contribution >= 0.6 is 23.2 Å². The molecule has 0 radical (unpaired) electrons. The number of fused-ring (bicyclic) bond motifs is 1. The lowest BCUT2D eigenvalue weighted by Gasteiger charge is -2.38. The predicted molar refractivity (Wildman–Crippen MR) is 179 cm³/mol. The van der Waals surface area contributed by atoms with Crippen LogP contribution in [-0.4, -0.2) is 74.2 Å². The van der Waals surface area contributed by atoms with Crippen LogP contribution in [0.15, 0.2) is 52.1 Å². The molecule has 3 heterocycles. The summed E-state index contributed by atoms with van der Waals surface area (Å²) in [5.74, 6) is -0.159. The van der Waals surface area contributed by atoms with Gasteiger partial charge >= 0.3 is 5.69 Å². The van der Waals surface area contributed by atoms with Gasteiger partial charge in [-0.1, -0.05) is 53.5 Å².